The van der Waals surface area contributed by atoms with Crippen LogP contribution in [0.4, 0.5) is 5.69 Å². The Bertz CT molecular complexity index is 678. The zero-order chi connectivity index (χ0) is 14.3. The summed E-state index contributed by atoms with van der Waals surface area (Å²) in [5.41, 5.74) is 2.64. The Balaban J connectivity index is 1.87. The summed E-state index contributed by atoms with van der Waals surface area (Å²) in [7, 11) is 1.49. The molecule has 1 aliphatic heterocycles. The van der Waals surface area contributed by atoms with Gasteiger partial charge in [0.25, 0.3) is 11.8 Å². The molecule has 102 valence electrons. The molecule has 2 amide bonds. The lowest BCUT2D eigenvalue weighted by Gasteiger charge is -2.13. The van der Waals surface area contributed by atoms with Crippen LogP contribution in [0.25, 0.3) is 0 Å². The molecule has 2 aromatic rings. The van der Waals surface area contributed by atoms with E-state index in [2.05, 4.69) is 15.5 Å². The van der Waals surface area contributed by atoms with Crippen LogP contribution in [-0.4, -0.2) is 34.0 Å². The quantitative estimate of drug-likeness (QED) is 0.834. The van der Waals surface area contributed by atoms with Crippen LogP contribution in [0.15, 0.2) is 30.5 Å². The van der Waals surface area contributed by atoms with Gasteiger partial charge in [0, 0.05) is 18.9 Å². The maximum absolute atomic E-state index is 11.9. The number of carbonyl (C=O) groups is 2. The topological polar surface area (TPSA) is 78.1 Å². The maximum atomic E-state index is 11.9. The predicted molar refractivity (Wildman–Crippen MR) is 73.5 cm³/mol. The zero-order valence-corrected chi connectivity index (χ0v) is 11.2. The number of nitrogens with one attached hydrogen (secondary N) is 2. The number of anilines is 1. The summed E-state index contributed by atoms with van der Waals surface area (Å²) in [5.74, 6) is -0.513. The molecule has 0 spiro atoms. The van der Waals surface area contributed by atoms with Gasteiger partial charge >= 0.3 is 0 Å². The zero-order valence-electron chi connectivity index (χ0n) is 11.2. The predicted octanol–water partition coefficient (Wildman–Crippen LogP) is 1.81. The Morgan fingerprint density at radius 2 is 1.95 bits per heavy atom. The van der Waals surface area contributed by atoms with Crippen LogP contribution in [0.5, 0.6) is 0 Å². The van der Waals surface area contributed by atoms with Crippen molar-refractivity contribution in [3.05, 3.63) is 47.3 Å². The highest BCUT2D eigenvalue weighted by Gasteiger charge is 2.32. The molecule has 1 aromatic carbocycles. The first kappa shape index (κ1) is 12.4. The fraction of sp³-hybridized carbons (Fsp3) is 0.214. The second kappa shape index (κ2) is 4.48. The minimum Gasteiger partial charge on any atom is -0.377 e. The molecule has 3 rings (SSSR count). The highest BCUT2D eigenvalue weighted by Crippen LogP contribution is 2.26. The third kappa shape index (κ3) is 1.85. The molecule has 6 nitrogen and oxygen atoms in total. The van der Waals surface area contributed by atoms with E-state index < -0.39 is 0 Å². The van der Waals surface area contributed by atoms with E-state index in [1.54, 1.807) is 24.4 Å². The summed E-state index contributed by atoms with van der Waals surface area (Å²) < 4.78 is 0. The summed E-state index contributed by atoms with van der Waals surface area (Å²) >= 11 is 0. The third-order valence-corrected chi connectivity index (χ3v) is 3.46. The van der Waals surface area contributed by atoms with E-state index in [-0.39, 0.29) is 17.9 Å². The molecule has 20 heavy (non-hydrogen) atoms. The van der Waals surface area contributed by atoms with Crippen LogP contribution in [0.2, 0.25) is 0 Å². The molecular formula is C14H14N4O2. The number of nitrogens with zero attached hydrogens (tertiary/aromatic N) is 2. The molecule has 0 saturated heterocycles. The van der Waals surface area contributed by atoms with Crippen molar-refractivity contribution in [1.82, 2.24) is 15.1 Å². The van der Waals surface area contributed by atoms with Gasteiger partial charge in [0.2, 0.25) is 0 Å². The molecule has 1 aromatic heterocycles. The van der Waals surface area contributed by atoms with Crippen molar-refractivity contribution < 1.29 is 9.59 Å². The summed E-state index contributed by atoms with van der Waals surface area (Å²) in [6, 6.07) is 7.11. The van der Waals surface area contributed by atoms with E-state index in [4.69, 9.17) is 0 Å². The normalized spacial score (nSPS) is 15.4. The molecule has 2 heterocycles. The molecule has 0 aliphatic carbocycles. The van der Waals surface area contributed by atoms with Gasteiger partial charge in [0.05, 0.1) is 22.9 Å². The smallest absolute Gasteiger partial charge is 0.261 e. The number of benzene rings is 1. The first-order valence-corrected chi connectivity index (χ1v) is 6.30. The molecule has 1 aliphatic rings. The van der Waals surface area contributed by atoms with Crippen molar-refractivity contribution >= 4 is 17.5 Å². The summed E-state index contributed by atoms with van der Waals surface area (Å²) in [5, 5.41) is 10.1. The van der Waals surface area contributed by atoms with Gasteiger partial charge in [-0.15, -0.1) is 0 Å². The van der Waals surface area contributed by atoms with E-state index in [0.717, 1.165) is 16.3 Å². The second-order valence-corrected chi connectivity index (χ2v) is 4.81. The number of hydrogen-bond donors (Lipinski definition) is 2. The average Bonchev–Trinajstić information content (AvgIpc) is 3.04. The number of imide groups is 1. The highest BCUT2D eigenvalue weighted by molar-refractivity contribution is 6.21. The van der Waals surface area contributed by atoms with E-state index in [0.29, 0.717) is 11.1 Å². The number of rotatable bonds is 3. The fourth-order valence-electron chi connectivity index (χ4n) is 2.29. The minimum atomic E-state index is -0.261. The Kier molecular flexibility index (Phi) is 2.78. The number of fused-ring (bicyclic) bond motifs is 1. The Hall–Kier alpha value is -2.63. The highest BCUT2D eigenvalue weighted by atomic mass is 16.2. The van der Waals surface area contributed by atoms with Gasteiger partial charge in [0.15, 0.2) is 0 Å². The van der Waals surface area contributed by atoms with E-state index >= 15 is 0 Å². The Morgan fingerprint density at radius 1 is 1.20 bits per heavy atom. The second-order valence-electron chi connectivity index (χ2n) is 4.81. The first-order valence-electron chi connectivity index (χ1n) is 6.30. The van der Waals surface area contributed by atoms with Gasteiger partial charge < -0.3 is 5.32 Å². The maximum Gasteiger partial charge on any atom is 0.261 e. The number of aromatic amines is 1. The summed E-state index contributed by atoms with van der Waals surface area (Å²) in [6.45, 7) is 1.99. The molecule has 6 heteroatoms. The van der Waals surface area contributed by atoms with E-state index in [9.17, 15) is 9.59 Å². The summed E-state index contributed by atoms with van der Waals surface area (Å²) in [4.78, 5) is 24.9. The van der Waals surface area contributed by atoms with Crippen molar-refractivity contribution in [1.29, 1.82) is 0 Å². The molecule has 0 saturated carbocycles. The van der Waals surface area contributed by atoms with Crippen molar-refractivity contribution in [3.63, 3.8) is 0 Å². The van der Waals surface area contributed by atoms with Crippen molar-refractivity contribution in [3.8, 4) is 0 Å². The van der Waals surface area contributed by atoms with Crippen LogP contribution in [0, 0.1) is 0 Å². The van der Waals surface area contributed by atoms with Crippen LogP contribution < -0.4 is 5.32 Å². The Labute approximate surface area is 115 Å². The summed E-state index contributed by atoms with van der Waals surface area (Å²) in [6.07, 6.45) is 1.69. The molecular weight excluding hydrogens is 256 g/mol. The number of amides is 2. The van der Waals surface area contributed by atoms with Gasteiger partial charge in [-0.3, -0.25) is 19.6 Å². The standard InChI is InChI=1S/C14H14N4O2/c1-8(12-5-6-15-17-12)16-9-3-4-10-11(7-9)14(20)18(2)13(10)19/h3-8,16H,1-2H3,(H,15,17). The Morgan fingerprint density at radius 3 is 2.65 bits per heavy atom. The molecule has 2 N–H and O–H groups in total. The van der Waals surface area contributed by atoms with Crippen molar-refractivity contribution in [2.75, 3.05) is 12.4 Å². The number of H-pyrrole nitrogens is 1. The van der Waals surface area contributed by atoms with Crippen LogP contribution in [0.1, 0.15) is 39.4 Å². The molecule has 1 atom stereocenters. The first-order chi connectivity index (χ1) is 9.58. The third-order valence-electron chi connectivity index (χ3n) is 3.46. The van der Waals surface area contributed by atoms with Gasteiger partial charge in [-0.2, -0.15) is 5.10 Å². The van der Waals surface area contributed by atoms with Crippen LogP contribution in [0.3, 0.4) is 0 Å². The van der Waals surface area contributed by atoms with Gasteiger partial charge in [0.1, 0.15) is 0 Å². The van der Waals surface area contributed by atoms with Gasteiger partial charge in [-0.05, 0) is 31.2 Å². The van der Waals surface area contributed by atoms with Crippen LogP contribution >= 0.6 is 0 Å². The van der Waals surface area contributed by atoms with Crippen molar-refractivity contribution in [2.24, 2.45) is 0 Å². The molecule has 1 unspecified atom stereocenters. The largest absolute Gasteiger partial charge is 0.377 e. The minimum absolute atomic E-state index is 0.0282. The monoisotopic (exact) mass is 270 g/mol. The lowest BCUT2D eigenvalue weighted by molar-refractivity contribution is 0.0693. The lowest BCUT2D eigenvalue weighted by atomic mass is 10.1. The SMILES string of the molecule is CC(Nc1ccc2c(c1)C(=O)N(C)C2=O)c1ccn[nH]1. The average molecular weight is 270 g/mol. The molecule has 0 bridgehead atoms. The van der Waals surface area contributed by atoms with E-state index in [1.807, 2.05) is 13.0 Å². The molecule has 0 fully saturated rings. The van der Waals surface area contributed by atoms with Gasteiger partial charge in [-0.1, -0.05) is 0 Å². The molecule has 0 radical (unpaired) electrons. The lowest BCUT2D eigenvalue weighted by Crippen LogP contribution is -2.24. The van der Waals surface area contributed by atoms with Crippen molar-refractivity contribution in [2.45, 2.75) is 13.0 Å². The van der Waals surface area contributed by atoms with E-state index in [1.165, 1.54) is 7.05 Å². The number of aromatic nitrogens is 2. The van der Waals surface area contributed by atoms with Gasteiger partial charge in [-0.25, -0.2) is 0 Å². The van der Waals surface area contributed by atoms with Crippen LogP contribution in [-0.2, 0) is 0 Å². The fourth-order valence-corrected chi connectivity index (χ4v) is 2.29. The number of carbonyl (C=O) groups excluding carboxylic acids is 2. The number of hydrogen-bond acceptors (Lipinski definition) is 4.